The van der Waals surface area contributed by atoms with E-state index >= 15 is 0 Å². The maximum Gasteiger partial charge on any atom is 0.165 e. The quantitative estimate of drug-likeness (QED) is 0.771. The molecule has 1 atom stereocenters. The third-order valence-electron chi connectivity index (χ3n) is 3.49. The number of nitrogens with zero attached hydrogens (tertiary/aromatic N) is 2. The molecule has 0 fully saturated rings. The van der Waals surface area contributed by atoms with Crippen molar-refractivity contribution >= 4 is 17.4 Å². The molecule has 0 aliphatic rings. The highest BCUT2D eigenvalue weighted by molar-refractivity contribution is 6.33. The van der Waals surface area contributed by atoms with E-state index in [-0.39, 0.29) is 12.2 Å². The van der Waals surface area contributed by atoms with Gasteiger partial charge in [-0.2, -0.15) is 10.5 Å². The van der Waals surface area contributed by atoms with Gasteiger partial charge < -0.3 is 0 Å². The molecule has 108 valence electrons. The first kappa shape index (κ1) is 15.8. The van der Waals surface area contributed by atoms with Crippen molar-refractivity contribution in [1.29, 1.82) is 10.5 Å². The molecule has 0 saturated carbocycles. The topological polar surface area (TPSA) is 64.7 Å². The van der Waals surface area contributed by atoms with E-state index in [0.29, 0.717) is 10.6 Å². The SMILES string of the molecule is N#CC(C#N)C(CC(=O)c1ccccc1Cl)c1ccccc1. The molecule has 0 aliphatic carbocycles. The Morgan fingerprint density at radius 3 is 2.18 bits per heavy atom. The second kappa shape index (κ2) is 7.41. The second-order valence-electron chi connectivity index (χ2n) is 4.86. The number of carbonyl (C=O) groups is 1. The van der Waals surface area contributed by atoms with E-state index in [1.165, 1.54) is 0 Å². The Bertz CT molecular complexity index is 730. The number of carbonyl (C=O) groups excluding carboxylic acids is 1. The molecule has 2 aromatic carbocycles. The van der Waals surface area contributed by atoms with Crippen molar-refractivity contribution in [3.63, 3.8) is 0 Å². The minimum Gasteiger partial charge on any atom is -0.294 e. The molecule has 3 nitrogen and oxygen atoms in total. The Hall–Kier alpha value is -2.62. The Morgan fingerprint density at radius 2 is 1.59 bits per heavy atom. The van der Waals surface area contributed by atoms with Gasteiger partial charge in [-0.05, 0) is 17.7 Å². The molecule has 0 aliphatic heterocycles. The largest absolute Gasteiger partial charge is 0.294 e. The van der Waals surface area contributed by atoms with Crippen LogP contribution in [-0.4, -0.2) is 5.78 Å². The number of rotatable bonds is 5. The van der Waals surface area contributed by atoms with E-state index in [1.807, 2.05) is 42.5 Å². The van der Waals surface area contributed by atoms with Crippen LogP contribution in [0.2, 0.25) is 5.02 Å². The van der Waals surface area contributed by atoms with E-state index < -0.39 is 11.8 Å². The van der Waals surface area contributed by atoms with Gasteiger partial charge in [0.2, 0.25) is 0 Å². The average molecular weight is 309 g/mol. The molecule has 0 heterocycles. The fraction of sp³-hybridized carbons (Fsp3) is 0.167. The van der Waals surface area contributed by atoms with Gasteiger partial charge in [0.25, 0.3) is 0 Å². The number of hydrogen-bond acceptors (Lipinski definition) is 3. The predicted molar refractivity (Wildman–Crippen MR) is 84.3 cm³/mol. The maximum atomic E-state index is 12.5. The zero-order valence-corrected chi connectivity index (χ0v) is 12.5. The average Bonchev–Trinajstić information content (AvgIpc) is 2.56. The van der Waals surface area contributed by atoms with Crippen LogP contribution in [0.4, 0.5) is 0 Å². The summed E-state index contributed by atoms with van der Waals surface area (Å²) in [4.78, 5) is 12.5. The molecular formula is C18H13ClN2O. The molecule has 0 saturated heterocycles. The van der Waals surface area contributed by atoms with Crippen molar-refractivity contribution in [3.05, 3.63) is 70.7 Å². The smallest absolute Gasteiger partial charge is 0.165 e. The zero-order chi connectivity index (χ0) is 15.9. The lowest BCUT2D eigenvalue weighted by molar-refractivity contribution is 0.0971. The summed E-state index contributed by atoms with van der Waals surface area (Å²) in [6, 6.07) is 19.9. The molecule has 0 amide bonds. The van der Waals surface area contributed by atoms with Gasteiger partial charge in [-0.3, -0.25) is 4.79 Å². The van der Waals surface area contributed by atoms with E-state index in [9.17, 15) is 15.3 Å². The van der Waals surface area contributed by atoms with Gasteiger partial charge >= 0.3 is 0 Å². The van der Waals surface area contributed by atoms with Crippen molar-refractivity contribution in [1.82, 2.24) is 0 Å². The van der Waals surface area contributed by atoms with Crippen LogP contribution in [-0.2, 0) is 0 Å². The standard InChI is InChI=1S/C18H13ClN2O/c19-17-9-5-4-8-15(17)18(22)10-16(14(11-20)12-21)13-6-2-1-3-7-13/h1-9,14,16H,10H2. The van der Waals surface area contributed by atoms with Crippen LogP contribution in [0.5, 0.6) is 0 Å². The van der Waals surface area contributed by atoms with E-state index in [4.69, 9.17) is 11.6 Å². The lowest BCUT2D eigenvalue weighted by Gasteiger charge is -2.17. The van der Waals surface area contributed by atoms with Crippen molar-refractivity contribution in [3.8, 4) is 12.1 Å². The fourth-order valence-corrected chi connectivity index (χ4v) is 2.58. The normalized spacial score (nSPS) is 11.5. The number of halogens is 1. The van der Waals surface area contributed by atoms with Crippen LogP contribution in [0.1, 0.15) is 28.3 Å². The highest BCUT2D eigenvalue weighted by Crippen LogP contribution is 2.30. The van der Waals surface area contributed by atoms with Gasteiger partial charge in [-0.1, -0.05) is 54.1 Å². The lowest BCUT2D eigenvalue weighted by Crippen LogP contribution is -2.15. The molecule has 4 heteroatoms. The summed E-state index contributed by atoms with van der Waals surface area (Å²) in [5.74, 6) is -1.52. The van der Waals surface area contributed by atoms with Crippen molar-refractivity contribution in [2.24, 2.45) is 5.92 Å². The first-order chi connectivity index (χ1) is 10.7. The summed E-state index contributed by atoms with van der Waals surface area (Å²) in [6.07, 6.45) is 0.0690. The van der Waals surface area contributed by atoms with Gasteiger partial charge in [0, 0.05) is 17.9 Å². The molecule has 2 aromatic rings. The highest BCUT2D eigenvalue weighted by Gasteiger charge is 2.26. The van der Waals surface area contributed by atoms with Gasteiger partial charge in [-0.15, -0.1) is 0 Å². The van der Waals surface area contributed by atoms with Crippen molar-refractivity contribution < 1.29 is 4.79 Å². The predicted octanol–water partition coefficient (Wildman–Crippen LogP) is 4.36. The third kappa shape index (κ3) is 3.52. The molecular weight excluding hydrogens is 296 g/mol. The third-order valence-corrected chi connectivity index (χ3v) is 3.82. The van der Waals surface area contributed by atoms with Crippen LogP contribution < -0.4 is 0 Å². The number of benzene rings is 2. The van der Waals surface area contributed by atoms with Gasteiger partial charge in [-0.25, -0.2) is 0 Å². The summed E-state index contributed by atoms with van der Waals surface area (Å²) < 4.78 is 0. The molecule has 0 radical (unpaired) electrons. The van der Waals surface area contributed by atoms with E-state index in [1.54, 1.807) is 24.3 Å². The van der Waals surface area contributed by atoms with E-state index in [2.05, 4.69) is 0 Å². The van der Waals surface area contributed by atoms with Crippen LogP contribution >= 0.6 is 11.6 Å². The monoisotopic (exact) mass is 308 g/mol. The summed E-state index contributed by atoms with van der Waals surface area (Å²) in [5, 5.41) is 18.8. The van der Waals surface area contributed by atoms with Gasteiger partial charge in [0.05, 0.1) is 17.2 Å². The zero-order valence-electron chi connectivity index (χ0n) is 11.7. The van der Waals surface area contributed by atoms with Gasteiger partial charge in [0.15, 0.2) is 5.78 Å². The first-order valence-electron chi connectivity index (χ1n) is 6.79. The number of hydrogen-bond donors (Lipinski definition) is 0. The minimum atomic E-state index is -0.881. The number of Topliss-reactive ketones (excluding diaryl/α,β-unsaturated/α-hetero) is 1. The Balaban J connectivity index is 2.32. The van der Waals surface area contributed by atoms with Gasteiger partial charge in [0.1, 0.15) is 5.92 Å². The summed E-state index contributed by atoms with van der Waals surface area (Å²) in [7, 11) is 0. The minimum absolute atomic E-state index is 0.0690. The van der Waals surface area contributed by atoms with Crippen LogP contribution in [0.3, 0.4) is 0 Å². The van der Waals surface area contributed by atoms with Crippen molar-refractivity contribution in [2.75, 3.05) is 0 Å². The Morgan fingerprint density at radius 1 is 1.00 bits per heavy atom. The fourth-order valence-electron chi connectivity index (χ4n) is 2.33. The maximum absolute atomic E-state index is 12.5. The van der Waals surface area contributed by atoms with Crippen LogP contribution in [0.15, 0.2) is 54.6 Å². The summed E-state index contributed by atoms with van der Waals surface area (Å²) in [6.45, 7) is 0. The van der Waals surface area contributed by atoms with Crippen molar-refractivity contribution in [2.45, 2.75) is 12.3 Å². The summed E-state index contributed by atoms with van der Waals surface area (Å²) >= 11 is 6.05. The number of ketones is 1. The highest BCUT2D eigenvalue weighted by atomic mass is 35.5. The summed E-state index contributed by atoms with van der Waals surface area (Å²) in [5.41, 5.74) is 1.22. The molecule has 0 bridgehead atoms. The molecule has 0 spiro atoms. The molecule has 0 N–H and O–H groups in total. The molecule has 0 aromatic heterocycles. The molecule has 22 heavy (non-hydrogen) atoms. The van der Waals surface area contributed by atoms with Crippen LogP contribution in [0.25, 0.3) is 0 Å². The Labute approximate surface area is 134 Å². The molecule has 1 unspecified atom stereocenters. The lowest BCUT2D eigenvalue weighted by atomic mass is 9.83. The first-order valence-corrected chi connectivity index (χ1v) is 7.17. The number of nitriles is 2. The van der Waals surface area contributed by atoms with E-state index in [0.717, 1.165) is 5.56 Å². The second-order valence-corrected chi connectivity index (χ2v) is 5.27. The molecule has 2 rings (SSSR count). The van der Waals surface area contributed by atoms with Crippen LogP contribution in [0, 0.1) is 28.6 Å². The Kier molecular flexibility index (Phi) is 5.31.